The molecule has 0 bridgehead atoms. The van der Waals surface area contributed by atoms with Crippen LogP contribution in [0.2, 0.25) is 0 Å². The second-order valence-electron chi connectivity index (χ2n) is 5.65. The van der Waals surface area contributed by atoms with Gasteiger partial charge in [-0.15, -0.1) is 5.10 Å². The topological polar surface area (TPSA) is 89.1 Å². The number of nitrogen functional groups attached to an aromatic ring is 1. The van der Waals surface area contributed by atoms with Gasteiger partial charge in [0.1, 0.15) is 0 Å². The molecule has 0 radical (unpaired) electrons. The van der Waals surface area contributed by atoms with Gasteiger partial charge in [0.05, 0.1) is 12.7 Å². The van der Waals surface area contributed by atoms with Gasteiger partial charge in [-0.3, -0.25) is 14.9 Å². The van der Waals surface area contributed by atoms with Gasteiger partial charge in [0.25, 0.3) is 5.91 Å². The Balaban J connectivity index is 1.85. The number of nitrogens with two attached hydrogens (primary N) is 1. The third-order valence-corrected chi connectivity index (χ3v) is 4.22. The normalized spacial score (nSPS) is 23.0. The van der Waals surface area contributed by atoms with E-state index in [4.69, 9.17) is 5.84 Å². The number of likely N-dealkylation sites (N-methyl/N-ethyl adjacent to an activating group) is 1. The molecule has 1 heterocycles. The number of carbonyl (C=O) groups excluding carboxylic acids is 1. The highest BCUT2D eigenvalue weighted by Gasteiger charge is 2.24. The van der Waals surface area contributed by atoms with Gasteiger partial charge < -0.3 is 4.90 Å². The first-order valence-corrected chi connectivity index (χ1v) is 7.23. The van der Waals surface area contributed by atoms with E-state index in [0.29, 0.717) is 6.04 Å². The SMILES string of the molecule is CC1CCCCC1N(C)CCn1cc(C(=O)NN)nn1. The van der Waals surface area contributed by atoms with Crippen molar-refractivity contribution in [2.45, 2.75) is 45.2 Å². The Morgan fingerprint density at radius 2 is 2.30 bits per heavy atom. The lowest BCUT2D eigenvalue weighted by Crippen LogP contribution is -2.40. The van der Waals surface area contributed by atoms with Crippen LogP contribution in [0.4, 0.5) is 0 Å². The monoisotopic (exact) mass is 280 g/mol. The number of nitrogens with zero attached hydrogens (tertiary/aromatic N) is 4. The Morgan fingerprint density at radius 1 is 1.55 bits per heavy atom. The van der Waals surface area contributed by atoms with E-state index in [1.165, 1.54) is 25.7 Å². The maximum Gasteiger partial charge on any atom is 0.287 e. The summed E-state index contributed by atoms with van der Waals surface area (Å²) in [6.45, 7) is 3.96. The molecule has 3 N–H and O–H groups in total. The highest BCUT2D eigenvalue weighted by Crippen LogP contribution is 2.27. The Morgan fingerprint density at radius 3 is 3.00 bits per heavy atom. The fourth-order valence-corrected chi connectivity index (χ4v) is 2.96. The molecule has 1 aromatic heterocycles. The summed E-state index contributed by atoms with van der Waals surface area (Å²) in [7, 11) is 2.16. The molecular weight excluding hydrogens is 256 g/mol. The number of hydrogen-bond donors (Lipinski definition) is 2. The Kier molecular flexibility index (Phi) is 5.08. The van der Waals surface area contributed by atoms with Crippen LogP contribution in [0.5, 0.6) is 0 Å². The fraction of sp³-hybridized carbons (Fsp3) is 0.769. The van der Waals surface area contributed by atoms with Crippen molar-refractivity contribution < 1.29 is 4.79 Å². The number of aromatic nitrogens is 3. The minimum absolute atomic E-state index is 0.251. The number of nitrogens with one attached hydrogen (secondary N) is 1. The van der Waals surface area contributed by atoms with Crippen molar-refractivity contribution in [3.05, 3.63) is 11.9 Å². The lowest BCUT2D eigenvalue weighted by atomic mass is 9.85. The third kappa shape index (κ3) is 3.55. The number of rotatable bonds is 5. The van der Waals surface area contributed by atoms with Gasteiger partial charge in [-0.25, -0.2) is 5.84 Å². The molecule has 0 saturated heterocycles. The predicted molar refractivity (Wildman–Crippen MR) is 75.7 cm³/mol. The summed E-state index contributed by atoms with van der Waals surface area (Å²) in [4.78, 5) is 13.7. The van der Waals surface area contributed by atoms with Crippen LogP contribution in [-0.4, -0.2) is 45.4 Å². The molecule has 1 aliphatic carbocycles. The zero-order valence-corrected chi connectivity index (χ0v) is 12.2. The molecule has 7 nitrogen and oxygen atoms in total. The number of hydrazine groups is 1. The van der Waals surface area contributed by atoms with E-state index in [0.717, 1.165) is 19.0 Å². The lowest BCUT2D eigenvalue weighted by molar-refractivity contribution is 0.0948. The van der Waals surface area contributed by atoms with Crippen LogP contribution in [-0.2, 0) is 6.54 Å². The summed E-state index contributed by atoms with van der Waals surface area (Å²) < 4.78 is 1.69. The molecule has 1 aliphatic rings. The minimum atomic E-state index is -0.412. The Bertz CT molecular complexity index is 446. The van der Waals surface area contributed by atoms with E-state index in [2.05, 4.69) is 34.6 Å². The highest BCUT2D eigenvalue weighted by molar-refractivity contribution is 5.91. The van der Waals surface area contributed by atoms with Crippen LogP contribution in [0, 0.1) is 5.92 Å². The summed E-state index contributed by atoms with van der Waals surface area (Å²) in [6, 6.07) is 0.652. The van der Waals surface area contributed by atoms with Gasteiger partial charge in [-0.1, -0.05) is 25.0 Å². The third-order valence-electron chi connectivity index (χ3n) is 4.22. The van der Waals surface area contributed by atoms with E-state index in [1.54, 1.807) is 10.9 Å². The molecule has 20 heavy (non-hydrogen) atoms. The first kappa shape index (κ1) is 14.9. The molecule has 2 unspecified atom stereocenters. The largest absolute Gasteiger partial charge is 0.301 e. The highest BCUT2D eigenvalue weighted by atomic mass is 16.2. The number of hydrogen-bond acceptors (Lipinski definition) is 5. The van der Waals surface area contributed by atoms with Crippen LogP contribution < -0.4 is 11.3 Å². The zero-order valence-electron chi connectivity index (χ0n) is 12.2. The Hall–Kier alpha value is -1.47. The van der Waals surface area contributed by atoms with Gasteiger partial charge in [0.15, 0.2) is 5.69 Å². The van der Waals surface area contributed by atoms with Crippen molar-refractivity contribution in [3.63, 3.8) is 0 Å². The van der Waals surface area contributed by atoms with Crippen molar-refractivity contribution in [3.8, 4) is 0 Å². The van der Waals surface area contributed by atoms with Crippen LogP contribution in [0.15, 0.2) is 6.20 Å². The van der Waals surface area contributed by atoms with Gasteiger partial charge >= 0.3 is 0 Å². The zero-order chi connectivity index (χ0) is 14.5. The first-order chi connectivity index (χ1) is 9.61. The summed E-state index contributed by atoms with van der Waals surface area (Å²) in [6.07, 6.45) is 6.89. The quantitative estimate of drug-likeness (QED) is 0.463. The number of amides is 1. The number of carbonyl (C=O) groups is 1. The molecular formula is C13H24N6O. The second kappa shape index (κ2) is 6.81. The standard InChI is InChI=1S/C13H24N6O/c1-10-5-3-4-6-12(10)18(2)7-8-19-9-11(16-17-19)13(20)15-14/h9-10,12H,3-8,14H2,1-2H3,(H,15,20). The van der Waals surface area contributed by atoms with Crippen LogP contribution in [0.1, 0.15) is 43.1 Å². The maximum atomic E-state index is 11.3. The van der Waals surface area contributed by atoms with E-state index in [1.807, 2.05) is 0 Å². The molecule has 1 aromatic rings. The van der Waals surface area contributed by atoms with E-state index in [9.17, 15) is 4.79 Å². The van der Waals surface area contributed by atoms with E-state index in [-0.39, 0.29) is 5.69 Å². The first-order valence-electron chi connectivity index (χ1n) is 7.23. The maximum absolute atomic E-state index is 11.3. The van der Waals surface area contributed by atoms with Gasteiger partial charge in [0, 0.05) is 12.6 Å². The molecule has 0 aromatic carbocycles. The summed E-state index contributed by atoms with van der Waals surface area (Å²) >= 11 is 0. The molecule has 7 heteroatoms. The van der Waals surface area contributed by atoms with Crippen molar-refractivity contribution in [1.82, 2.24) is 25.3 Å². The lowest BCUT2D eigenvalue weighted by Gasteiger charge is -2.36. The molecule has 1 saturated carbocycles. The summed E-state index contributed by atoms with van der Waals surface area (Å²) in [5.74, 6) is 5.40. The van der Waals surface area contributed by atoms with Crippen LogP contribution in [0.25, 0.3) is 0 Å². The van der Waals surface area contributed by atoms with Crippen molar-refractivity contribution >= 4 is 5.91 Å². The van der Waals surface area contributed by atoms with Gasteiger partial charge in [0.2, 0.25) is 0 Å². The van der Waals surface area contributed by atoms with Gasteiger partial charge in [-0.05, 0) is 25.8 Å². The molecule has 112 valence electrons. The molecule has 1 amide bonds. The van der Waals surface area contributed by atoms with Crippen molar-refractivity contribution in [1.29, 1.82) is 0 Å². The van der Waals surface area contributed by atoms with Crippen molar-refractivity contribution in [2.24, 2.45) is 11.8 Å². The molecule has 0 aliphatic heterocycles. The smallest absolute Gasteiger partial charge is 0.287 e. The van der Waals surface area contributed by atoms with E-state index < -0.39 is 5.91 Å². The molecule has 0 spiro atoms. The van der Waals surface area contributed by atoms with E-state index >= 15 is 0 Å². The fourth-order valence-electron chi connectivity index (χ4n) is 2.96. The van der Waals surface area contributed by atoms with Crippen LogP contribution in [0.3, 0.4) is 0 Å². The summed E-state index contributed by atoms with van der Waals surface area (Å²) in [5.41, 5.74) is 2.30. The summed E-state index contributed by atoms with van der Waals surface area (Å²) in [5, 5.41) is 7.74. The average molecular weight is 280 g/mol. The molecule has 2 rings (SSSR count). The second-order valence-corrected chi connectivity index (χ2v) is 5.65. The minimum Gasteiger partial charge on any atom is -0.301 e. The molecule has 2 atom stereocenters. The van der Waals surface area contributed by atoms with Crippen molar-refractivity contribution in [2.75, 3.05) is 13.6 Å². The Labute approximate surface area is 119 Å². The average Bonchev–Trinajstić information content (AvgIpc) is 2.93. The molecule has 1 fully saturated rings. The predicted octanol–water partition coefficient (Wildman–Crippen LogP) is 0.392. The van der Waals surface area contributed by atoms with Gasteiger partial charge in [-0.2, -0.15) is 0 Å². The van der Waals surface area contributed by atoms with Crippen LogP contribution >= 0.6 is 0 Å².